The van der Waals surface area contributed by atoms with Crippen molar-refractivity contribution in [3.63, 3.8) is 0 Å². The number of nitrogens with zero attached hydrogens (tertiary/aromatic N) is 2. The average Bonchev–Trinajstić information content (AvgIpc) is 2.18. The molecule has 0 saturated heterocycles. The molecule has 2 aromatic heterocycles. The predicted molar refractivity (Wildman–Crippen MR) is 47.3 cm³/mol. The third kappa shape index (κ3) is 1.15. The molecular weight excluding hydrogens is 184 g/mol. The Kier molecular flexibility index (Phi) is 1.78. The van der Waals surface area contributed by atoms with Gasteiger partial charge in [0.2, 0.25) is 0 Å². The minimum Gasteiger partial charge on any atom is -0.446 e. The van der Waals surface area contributed by atoms with Gasteiger partial charge in [-0.3, -0.25) is 0 Å². The van der Waals surface area contributed by atoms with Gasteiger partial charge >= 0.3 is 11.7 Å². The molecular formula is C9H7N2O3+. The fourth-order valence-corrected chi connectivity index (χ4v) is 1.27. The third-order valence-electron chi connectivity index (χ3n) is 1.89. The van der Waals surface area contributed by atoms with Crippen LogP contribution in [-0.4, -0.2) is 15.8 Å². The second kappa shape index (κ2) is 2.95. The second-order valence-electron chi connectivity index (χ2n) is 2.74. The molecule has 2 aromatic rings. The second-order valence-corrected chi connectivity index (χ2v) is 2.74. The van der Waals surface area contributed by atoms with Gasteiger partial charge in [0.25, 0.3) is 5.65 Å². The van der Waals surface area contributed by atoms with Gasteiger partial charge in [-0.25, -0.2) is 4.79 Å². The van der Waals surface area contributed by atoms with Gasteiger partial charge in [-0.2, -0.15) is 9.20 Å². The molecule has 2 rings (SSSR count). The SMILES string of the molecule is O=C(O)n1ccc(=O)[n+]2ccccc12. The zero-order chi connectivity index (χ0) is 10.1. The van der Waals surface area contributed by atoms with Crippen molar-refractivity contribution in [2.24, 2.45) is 0 Å². The van der Waals surface area contributed by atoms with Crippen LogP contribution in [0.5, 0.6) is 0 Å². The molecule has 0 unspecified atom stereocenters. The van der Waals surface area contributed by atoms with E-state index >= 15 is 0 Å². The van der Waals surface area contributed by atoms with E-state index in [0.717, 1.165) is 4.57 Å². The number of aromatic nitrogens is 2. The molecule has 0 fully saturated rings. The van der Waals surface area contributed by atoms with Crippen molar-refractivity contribution >= 4 is 11.7 Å². The summed E-state index contributed by atoms with van der Waals surface area (Å²) in [6.45, 7) is 0. The summed E-state index contributed by atoms with van der Waals surface area (Å²) in [5.74, 6) is 0. The Morgan fingerprint density at radius 1 is 1.36 bits per heavy atom. The monoisotopic (exact) mass is 191 g/mol. The summed E-state index contributed by atoms with van der Waals surface area (Å²) in [5.41, 5.74) is 0.0746. The Morgan fingerprint density at radius 2 is 2.14 bits per heavy atom. The van der Waals surface area contributed by atoms with Crippen LogP contribution in [0.25, 0.3) is 5.65 Å². The van der Waals surface area contributed by atoms with Crippen molar-refractivity contribution < 1.29 is 14.3 Å². The fraction of sp³-hybridized carbons (Fsp3) is 0. The number of rotatable bonds is 0. The normalized spacial score (nSPS) is 10.3. The predicted octanol–water partition coefficient (Wildman–Crippen LogP) is 0.113. The Bertz CT molecular complexity index is 559. The molecule has 0 atom stereocenters. The van der Waals surface area contributed by atoms with Gasteiger partial charge in [-0.1, -0.05) is 6.07 Å². The van der Waals surface area contributed by atoms with E-state index in [-0.39, 0.29) is 5.56 Å². The van der Waals surface area contributed by atoms with Crippen LogP contribution in [0.1, 0.15) is 0 Å². The van der Waals surface area contributed by atoms with Gasteiger partial charge in [0, 0.05) is 6.07 Å². The largest absolute Gasteiger partial charge is 0.509 e. The van der Waals surface area contributed by atoms with Crippen LogP contribution in [-0.2, 0) is 0 Å². The number of carbonyl (C=O) groups is 1. The van der Waals surface area contributed by atoms with Crippen LogP contribution < -0.4 is 9.96 Å². The molecule has 0 aliphatic heterocycles. The molecule has 0 amide bonds. The zero-order valence-electron chi connectivity index (χ0n) is 7.12. The minimum absolute atomic E-state index is 0.252. The van der Waals surface area contributed by atoms with E-state index < -0.39 is 6.09 Å². The van der Waals surface area contributed by atoms with Gasteiger partial charge in [-0.05, 0) is 6.07 Å². The first-order chi connectivity index (χ1) is 6.70. The summed E-state index contributed by atoms with van der Waals surface area (Å²) in [7, 11) is 0. The lowest BCUT2D eigenvalue weighted by Gasteiger charge is -1.95. The molecule has 70 valence electrons. The molecule has 5 nitrogen and oxygen atoms in total. The standard InChI is InChI=1S/C9H6N2O3/c12-8-4-6-11(9(13)14)7-3-1-2-5-10(7)8/h1-6H/p+1. The molecule has 0 aromatic carbocycles. The summed E-state index contributed by atoms with van der Waals surface area (Å²) in [6, 6.07) is 6.12. The van der Waals surface area contributed by atoms with Gasteiger partial charge in [0.15, 0.2) is 0 Å². The number of pyridine rings is 1. The topological polar surface area (TPSA) is 63.4 Å². The average molecular weight is 191 g/mol. The minimum atomic E-state index is -1.12. The number of carboxylic acid groups (broad SMARTS) is 1. The highest BCUT2D eigenvalue weighted by molar-refractivity contribution is 5.72. The maximum absolute atomic E-state index is 11.3. The summed E-state index contributed by atoms with van der Waals surface area (Å²) in [5, 5.41) is 8.82. The van der Waals surface area contributed by atoms with E-state index in [1.54, 1.807) is 18.2 Å². The van der Waals surface area contributed by atoms with E-state index in [1.165, 1.54) is 22.9 Å². The lowest BCUT2D eigenvalue weighted by atomic mass is 10.4. The van der Waals surface area contributed by atoms with E-state index in [4.69, 9.17) is 5.11 Å². The van der Waals surface area contributed by atoms with Crippen molar-refractivity contribution in [2.75, 3.05) is 0 Å². The third-order valence-corrected chi connectivity index (χ3v) is 1.89. The molecule has 0 radical (unpaired) electrons. The molecule has 0 bridgehead atoms. The van der Waals surface area contributed by atoms with E-state index in [0.29, 0.717) is 5.65 Å². The quantitative estimate of drug-likeness (QED) is 0.601. The number of hydrogen-bond donors (Lipinski definition) is 1. The zero-order valence-corrected chi connectivity index (χ0v) is 7.12. The van der Waals surface area contributed by atoms with Crippen LogP contribution in [0.2, 0.25) is 0 Å². The van der Waals surface area contributed by atoms with Crippen molar-refractivity contribution in [3.8, 4) is 0 Å². The number of fused-ring (bicyclic) bond motifs is 1. The van der Waals surface area contributed by atoms with E-state index in [9.17, 15) is 9.59 Å². The summed E-state index contributed by atoms with van der Waals surface area (Å²) >= 11 is 0. The maximum Gasteiger partial charge on any atom is 0.509 e. The van der Waals surface area contributed by atoms with Crippen molar-refractivity contribution in [1.29, 1.82) is 0 Å². The van der Waals surface area contributed by atoms with E-state index in [1.807, 2.05) is 0 Å². The highest BCUT2D eigenvalue weighted by atomic mass is 16.4. The van der Waals surface area contributed by atoms with Crippen molar-refractivity contribution in [1.82, 2.24) is 4.57 Å². The van der Waals surface area contributed by atoms with Crippen molar-refractivity contribution in [2.45, 2.75) is 0 Å². The number of hydrogen-bond acceptors (Lipinski definition) is 2. The van der Waals surface area contributed by atoms with E-state index in [2.05, 4.69) is 0 Å². The van der Waals surface area contributed by atoms with Crippen LogP contribution in [0, 0.1) is 0 Å². The first-order valence-electron chi connectivity index (χ1n) is 3.95. The smallest absolute Gasteiger partial charge is 0.446 e. The van der Waals surface area contributed by atoms with Crippen molar-refractivity contribution in [3.05, 3.63) is 47.0 Å². The highest BCUT2D eigenvalue weighted by Crippen LogP contribution is 1.93. The first kappa shape index (κ1) is 8.43. The van der Waals surface area contributed by atoms with Crippen LogP contribution in [0.3, 0.4) is 0 Å². The lowest BCUT2D eigenvalue weighted by molar-refractivity contribution is -0.532. The van der Waals surface area contributed by atoms with Crippen LogP contribution in [0.4, 0.5) is 4.79 Å². The Hall–Kier alpha value is -2.17. The summed E-state index contributed by atoms with van der Waals surface area (Å²) in [6.07, 6.45) is 1.64. The molecule has 0 aliphatic carbocycles. The van der Waals surface area contributed by atoms with Gasteiger partial charge < -0.3 is 5.11 Å². The maximum atomic E-state index is 11.3. The molecule has 5 heteroatoms. The fourth-order valence-electron chi connectivity index (χ4n) is 1.27. The first-order valence-corrected chi connectivity index (χ1v) is 3.95. The molecule has 2 heterocycles. The lowest BCUT2D eigenvalue weighted by Crippen LogP contribution is -2.42. The highest BCUT2D eigenvalue weighted by Gasteiger charge is 2.14. The molecule has 14 heavy (non-hydrogen) atoms. The summed E-state index contributed by atoms with van der Waals surface area (Å²) < 4.78 is 2.26. The van der Waals surface area contributed by atoms with Crippen LogP contribution in [0.15, 0.2) is 41.5 Å². The summed E-state index contributed by atoms with van der Waals surface area (Å²) in [4.78, 5) is 22.1. The molecule has 1 N–H and O–H groups in total. The molecule has 0 saturated carbocycles. The van der Waals surface area contributed by atoms with Gasteiger partial charge in [0.1, 0.15) is 6.20 Å². The van der Waals surface area contributed by atoms with Crippen LogP contribution >= 0.6 is 0 Å². The molecule has 0 spiro atoms. The van der Waals surface area contributed by atoms with Gasteiger partial charge in [0.05, 0.1) is 12.3 Å². The molecule has 0 aliphatic rings. The van der Waals surface area contributed by atoms with Gasteiger partial charge in [-0.15, -0.1) is 4.57 Å². The Labute approximate surface area is 78.5 Å². The Morgan fingerprint density at radius 3 is 2.86 bits per heavy atom. The Balaban J connectivity index is 2.96.